The number of carbonyl (C=O) groups is 2. The number of halogens is 1. The zero-order valence-electron chi connectivity index (χ0n) is 13.6. The van der Waals surface area contributed by atoms with Gasteiger partial charge in [0.25, 0.3) is 11.8 Å². The summed E-state index contributed by atoms with van der Waals surface area (Å²) >= 11 is 6.07. The highest BCUT2D eigenvalue weighted by atomic mass is 35.5. The van der Waals surface area contributed by atoms with Crippen molar-refractivity contribution in [2.75, 3.05) is 12.4 Å². The molecule has 0 aliphatic rings. The van der Waals surface area contributed by atoms with E-state index in [0.29, 0.717) is 23.4 Å². The number of anilines is 2. The van der Waals surface area contributed by atoms with Crippen molar-refractivity contribution >= 4 is 34.9 Å². The molecule has 24 heavy (non-hydrogen) atoms. The summed E-state index contributed by atoms with van der Waals surface area (Å²) in [5, 5.41) is 5.77. The predicted molar refractivity (Wildman–Crippen MR) is 92.8 cm³/mol. The molecule has 0 fully saturated rings. The summed E-state index contributed by atoms with van der Waals surface area (Å²) < 4.78 is 0. The molecule has 8 heteroatoms. The van der Waals surface area contributed by atoms with Gasteiger partial charge in [-0.25, -0.2) is 9.97 Å². The van der Waals surface area contributed by atoms with Crippen molar-refractivity contribution in [3.8, 4) is 0 Å². The van der Waals surface area contributed by atoms with Crippen molar-refractivity contribution in [3.63, 3.8) is 0 Å². The molecule has 0 saturated heterocycles. The van der Waals surface area contributed by atoms with Crippen LogP contribution < -0.4 is 16.4 Å². The summed E-state index contributed by atoms with van der Waals surface area (Å²) in [6, 6.07) is 5.14. The van der Waals surface area contributed by atoms with Crippen molar-refractivity contribution < 1.29 is 9.59 Å². The van der Waals surface area contributed by atoms with Crippen LogP contribution in [0.2, 0.25) is 5.15 Å². The molecule has 0 radical (unpaired) electrons. The Hall–Kier alpha value is -2.67. The highest BCUT2D eigenvalue weighted by molar-refractivity contribution is 6.30. The first-order valence-electron chi connectivity index (χ1n) is 7.33. The molecule has 0 saturated carbocycles. The molecule has 0 spiro atoms. The molecule has 2 aromatic rings. The summed E-state index contributed by atoms with van der Waals surface area (Å²) in [6.07, 6.45) is 0.534. The number of carbonyl (C=O) groups excluding carboxylic acids is 2. The quantitative estimate of drug-likeness (QED) is 0.768. The second-order valence-electron chi connectivity index (χ2n) is 5.11. The highest BCUT2D eigenvalue weighted by Gasteiger charge is 2.17. The van der Waals surface area contributed by atoms with Gasteiger partial charge in [-0.2, -0.15) is 0 Å². The number of rotatable bonds is 5. The molecular formula is C16H18ClN5O2. The topological polar surface area (TPSA) is 110 Å². The van der Waals surface area contributed by atoms with E-state index in [1.807, 2.05) is 13.8 Å². The van der Waals surface area contributed by atoms with E-state index in [9.17, 15) is 9.59 Å². The Bertz CT molecular complexity index is 807. The van der Waals surface area contributed by atoms with Crippen LogP contribution in [-0.2, 0) is 6.42 Å². The van der Waals surface area contributed by atoms with Gasteiger partial charge in [0.15, 0.2) is 16.7 Å². The first-order chi connectivity index (χ1) is 11.4. The molecule has 2 rings (SSSR count). The van der Waals surface area contributed by atoms with E-state index in [0.717, 1.165) is 5.56 Å². The number of benzene rings is 1. The smallest absolute Gasteiger partial charge is 0.271 e. The summed E-state index contributed by atoms with van der Waals surface area (Å²) in [5.74, 6) is -0.695. The van der Waals surface area contributed by atoms with Gasteiger partial charge in [0.2, 0.25) is 0 Å². The van der Waals surface area contributed by atoms with E-state index in [-0.39, 0.29) is 22.6 Å². The van der Waals surface area contributed by atoms with Crippen LogP contribution in [0, 0.1) is 6.92 Å². The fraction of sp³-hybridized carbons (Fsp3) is 0.250. The van der Waals surface area contributed by atoms with E-state index < -0.39 is 5.91 Å². The summed E-state index contributed by atoms with van der Waals surface area (Å²) in [4.78, 5) is 31.7. The maximum absolute atomic E-state index is 11.7. The number of primary amides is 1. The zero-order valence-corrected chi connectivity index (χ0v) is 14.4. The van der Waals surface area contributed by atoms with Gasteiger partial charge < -0.3 is 16.4 Å². The average molecular weight is 348 g/mol. The molecule has 2 amide bonds. The molecule has 1 heterocycles. The highest BCUT2D eigenvalue weighted by Crippen LogP contribution is 2.23. The number of nitrogens with two attached hydrogens (primary N) is 1. The van der Waals surface area contributed by atoms with Crippen LogP contribution in [0.3, 0.4) is 0 Å². The summed E-state index contributed by atoms with van der Waals surface area (Å²) in [6.45, 7) is 3.66. The van der Waals surface area contributed by atoms with Crippen LogP contribution in [-0.4, -0.2) is 28.8 Å². The minimum Gasteiger partial charge on any atom is -0.364 e. The lowest BCUT2D eigenvalue weighted by Crippen LogP contribution is -2.19. The van der Waals surface area contributed by atoms with Crippen LogP contribution >= 0.6 is 11.6 Å². The van der Waals surface area contributed by atoms with Gasteiger partial charge in [-0.1, -0.05) is 18.5 Å². The fourth-order valence-corrected chi connectivity index (χ4v) is 2.46. The lowest BCUT2D eigenvalue weighted by Gasteiger charge is -2.12. The van der Waals surface area contributed by atoms with Gasteiger partial charge >= 0.3 is 0 Å². The molecule has 0 aliphatic heterocycles. The van der Waals surface area contributed by atoms with Crippen LogP contribution in [0.5, 0.6) is 0 Å². The van der Waals surface area contributed by atoms with Crippen LogP contribution in [0.1, 0.15) is 39.0 Å². The van der Waals surface area contributed by atoms with Crippen molar-refractivity contribution in [2.45, 2.75) is 20.3 Å². The van der Waals surface area contributed by atoms with Crippen molar-refractivity contribution in [3.05, 3.63) is 45.9 Å². The molecule has 4 N–H and O–H groups in total. The maximum atomic E-state index is 11.7. The van der Waals surface area contributed by atoms with E-state index in [2.05, 4.69) is 20.6 Å². The Labute approximate surface area is 144 Å². The number of aryl methyl sites for hydroxylation is 2. The number of hydrogen-bond donors (Lipinski definition) is 3. The zero-order chi connectivity index (χ0) is 17.9. The second-order valence-corrected chi connectivity index (χ2v) is 5.47. The summed E-state index contributed by atoms with van der Waals surface area (Å²) in [7, 11) is 1.57. The normalized spacial score (nSPS) is 10.3. The van der Waals surface area contributed by atoms with Gasteiger partial charge in [0.1, 0.15) is 0 Å². The number of nitrogens with zero attached hydrogens (tertiary/aromatic N) is 2. The molecule has 1 aromatic carbocycles. The first-order valence-corrected chi connectivity index (χ1v) is 7.71. The molecule has 0 aliphatic carbocycles. The Morgan fingerprint density at radius 3 is 2.54 bits per heavy atom. The standard InChI is InChI=1S/C16H18ClN5O2/c1-4-11-13(17)22-15(12(21-11)14(18)23)20-9-5-6-10(8(2)7-9)16(24)19-3/h5-7H,4H2,1-3H3,(H2,18,23)(H,19,24)(H,20,22). The third-order valence-electron chi connectivity index (χ3n) is 3.45. The number of amides is 2. The second kappa shape index (κ2) is 7.27. The molecule has 0 atom stereocenters. The van der Waals surface area contributed by atoms with Crippen LogP contribution in [0.15, 0.2) is 18.2 Å². The molecular weight excluding hydrogens is 330 g/mol. The first kappa shape index (κ1) is 17.7. The molecule has 7 nitrogen and oxygen atoms in total. The molecule has 126 valence electrons. The Morgan fingerprint density at radius 1 is 1.29 bits per heavy atom. The van der Waals surface area contributed by atoms with Gasteiger partial charge in [0.05, 0.1) is 5.69 Å². The van der Waals surface area contributed by atoms with Gasteiger partial charge in [0, 0.05) is 18.3 Å². The summed E-state index contributed by atoms with van der Waals surface area (Å²) in [5.41, 5.74) is 7.86. The van der Waals surface area contributed by atoms with Gasteiger partial charge in [-0.3, -0.25) is 9.59 Å². The largest absolute Gasteiger partial charge is 0.364 e. The Kier molecular flexibility index (Phi) is 5.35. The average Bonchev–Trinajstić information content (AvgIpc) is 2.54. The van der Waals surface area contributed by atoms with Crippen LogP contribution in [0.4, 0.5) is 11.5 Å². The van der Waals surface area contributed by atoms with Crippen molar-refractivity contribution in [2.24, 2.45) is 5.73 Å². The van der Waals surface area contributed by atoms with E-state index in [1.165, 1.54) is 0 Å². The van der Waals surface area contributed by atoms with Gasteiger partial charge in [-0.05, 0) is 37.1 Å². The Morgan fingerprint density at radius 2 is 2.00 bits per heavy atom. The third-order valence-corrected chi connectivity index (χ3v) is 3.75. The van der Waals surface area contributed by atoms with Crippen LogP contribution in [0.25, 0.3) is 0 Å². The molecule has 1 aromatic heterocycles. The Balaban J connectivity index is 2.41. The maximum Gasteiger partial charge on any atom is 0.271 e. The lowest BCUT2D eigenvalue weighted by atomic mass is 10.1. The number of aromatic nitrogens is 2. The predicted octanol–water partition coefficient (Wildman–Crippen LogP) is 2.20. The lowest BCUT2D eigenvalue weighted by molar-refractivity contribution is 0.0960. The minimum atomic E-state index is -0.699. The van der Waals surface area contributed by atoms with Gasteiger partial charge in [-0.15, -0.1) is 0 Å². The monoisotopic (exact) mass is 347 g/mol. The SMILES string of the molecule is CCc1nc(C(N)=O)c(Nc2ccc(C(=O)NC)c(C)c2)nc1Cl. The van der Waals surface area contributed by atoms with Crippen molar-refractivity contribution in [1.82, 2.24) is 15.3 Å². The molecule has 0 unspecified atom stereocenters. The third kappa shape index (κ3) is 3.62. The van der Waals surface area contributed by atoms with E-state index >= 15 is 0 Å². The fourth-order valence-electron chi connectivity index (χ4n) is 2.20. The van der Waals surface area contributed by atoms with E-state index in [1.54, 1.807) is 25.2 Å². The number of nitrogens with one attached hydrogen (secondary N) is 2. The molecule has 0 bridgehead atoms. The van der Waals surface area contributed by atoms with Crippen molar-refractivity contribution in [1.29, 1.82) is 0 Å². The van der Waals surface area contributed by atoms with E-state index in [4.69, 9.17) is 17.3 Å². The minimum absolute atomic E-state index is 0.0179. The number of hydrogen-bond acceptors (Lipinski definition) is 5.